The van der Waals surface area contributed by atoms with Gasteiger partial charge in [-0.2, -0.15) is 0 Å². The van der Waals surface area contributed by atoms with Crippen LogP contribution in [0.4, 0.5) is 0 Å². The quantitative estimate of drug-likeness (QED) is 0.749. The summed E-state index contributed by atoms with van der Waals surface area (Å²) in [7, 11) is 0. The van der Waals surface area contributed by atoms with E-state index in [1.54, 1.807) is 18.2 Å². The van der Waals surface area contributed by atoms with Gasteiger partial charge in [0.05, 0.1) is 23.2 Å². The largest absolute Gasteiger partial charge is 0.395 e. The molecule has 0 unspecified atom stereocenters. The van der Waals surface area contributed by atoms with Crippen LogP contribution in [0.1, 0.15) is 30.1 Å². The van der Waals surface area contributed by atoms with E-state index >= 15 is 0 Å². The van der Waals surface area contributed by atoms with Crippen molar-refractivity contribution in [3.63, 3.8) is 0 Å². The van der Waals surface area contributed by atoms with E-state index < -0.39 is 0 Å². The van der Waals surface area contributed by atoms with Crippen molar-refractivity contribution in [1.29, 1.82) is 0 Å². The van der Waals surface area contributed by atoms with Gasteiger partial charge < -0.3 is 5.11 Å². The monoisotopic (exact) mass is 303 g/mol. The third kappa shape index (κ3) is 5.49. The second kappa shape index (κ2) is 8.54. The van der Waals surface area contributed by atoms with Crippen LogP contribution < -0.4 is 0 Å². The highest BCUT2D eigenvalue weighted by Gasteiger charge is 2.13. The standard InChI is InChI=1S/C14H19Cl2NO2/c1-2-3-6-17(7-8-18)10-14(19)11-4-5-12(15)13(16)9-11/h4-5,9,18H,2-3,6-8,10H2,1H3. The first kappa shape index (κ1) is 16.4. The highest BCUT2D eigenvalue weighted by atomic mass is 35.5. The Hall–Kier alpha value is -0.610. The van der Waals surface area contributed by atoms with E-state index in [4.69, 9.17) is 28.3 Å². The molecule has 0 fully saturated rings. The predicted molar refractivity (Wildman–Crippen MR) is 79.2 cm³/mol. The fourth-order valence-electron chi connectivity index (χ4n) is 1.76. The van der Waals surface area contributed by atoms with Crippen LogP contribution in [0, 0.1) is 0 Å². The molecule has 0 radical (unpaired) electrons. The van der Waals surface area contributed by atoms with Gasteiger partial charge in [-0.25, -0.2) is 0 Å². The first-order chi connectivity index (χ1) is 9.08. The number of hydrogen-bond donors (Lipinski definition) is 1. The molecule has 3 nitrogen and oxygen atoms in total. The maximum Gasteiger partial charge on any atom is 0.176 e. The highest BCUT2D eigenvalue weighted by molar-refractivity contribution is 6.42. The van der Waals surface area contributed by atoms with Gasteiger partial charge in [0.2, 0.25) is 0 Å². The number of hydrogen-bond acceptors (Lipinski definition) is 3. The molecule has 0 saturated carbocycles. The van der Waals surface area contributed by atoms with Crippen molar-refractivity contribution < 1.29 is 9.90 Å². The van der Waals surface area contributed by atoms with Crippen LogP contribution in [0.5, 0.6) is 0 Å². The number of aliphatic hydroxyl groups is 1. The summed E-state index contributed by atoms with van der Waals surface area (Å²) in [6.07, 6.45) is 2.07. The number of carbonyl (C=O) groups is 1. The lowest BCUT2D eigenvalue weighted by molar-refractivity contribution is 0.0913. The number of aliphatic hydroxyl groups excluding tert-OH is 1. The number of benzene rings is 1. The van der Waals surface area contributed by atoms with E-state index in [2.05, 4.69) is 6.92 Å². The maximum atomic E-state index is 12.1. The summed E-state index contributed by atoms with van der Waals surface area (Å²) in [4.78, 5) is 14.1. The lowest BCUT2D eigenvalue weighted by Gasteiger charge is -2.20. The number of carbonyl (C=O) groups excluding carboxylic acids is 1. The lowest BCUT2D eigenvalue weighted by atomic mass is 10.1. The second-order valence-electron chi connectivity index (χ2n) is 4.41. The number of Topliss-reactive ketones (excluding diaryl/α,β-unsaturated/α-hetero) is 1. The molecule has 0 heterocycles. The van der Waals surface area contributed by atoms with Crippen LogP contribution in [-0.4, -0.2) is 42.0 Å². The molecule has 1 aromatic rings. The summed E-state index contributed by atoms with van der Waals surface area (Å²) in [6, 6.07) is 4.89. The van der Waals surface area contributed by atoms with Crippen molar-refractivity contribution in [3.05, 3.63) is 33.8 Å². The molecule has 0 aromatic heterocycles. The molecule has 19 heavy (non-hydrogen) atoms. The zero-order valence-electron chi connectivity index (χ0n) is 11.0. The van der Waals surface area contributed by atoms with Gasteiger partial charge in [-0.05, 0) is 31.2 Å². The van der Waals surface area contributed by atoms with Gasteiger partial charge in [-0.1, -0.05) is 36.5 Å². The summed E-state index contributed by atoms with van der Waals surface area (Å²) < 4.78 is 0. The topological polar surface area (TPSA) is 40.5 Å². The molecule has 1 aromatic carbocycles. The van der Waals surface area contributed by atoms with Crippen LogP contribution in [0.15, 0.2) is 18.2 Å². The third-order valence-electron chi connectivity index (χ3n) is 2.85. The highest BCUT2D eigenvalue weighted by Crippen LogP contribution is 2.22. The summed E-state index contributed by atoms with van der Waals surface area (Å²) in [5.74, 6) is -0.0110. The number of halogens is 2. The lowest BCUT2D eigenvalue weighted by Crippen LogP contribution is -2.33. The maximum absolute atomic E-state index is 12.1. The second-order valence-corrected chi connectivity index (χ2v) is 5.22. The number of nitrogens with zero attached hydrogens (tertiary/aromatic N) is 1. The van der Waals surface area contributed by atoms with E-state index in [0.29, 0.717) is 28.7 Å². The van der Waals surface area contributed by atoms with Crippen molar-refractivity contribution in [2.75, 3.05) is 26.2 Å². The van der Waals surface area contributed by atoms with Gasteiger partial charge >= 0.3 is 0 Å². The zero-order chi connectivity index (χ0) is 14.3. The molecular formula is C14H19Cl2NO2. The molecule has 0 spiro atoms. The normalized spacial score (nSPS) is 11.0. The molecular weight excluding hydrogens is 285 g/mol. The number of unbranched alkanes of at least 4 members (excludes halogenated alkanes) is 1. The number of ketones is 1. The van der Waals surface area contributed by atoms with E-state index in [0.717, 1.165) is 19.4 Å². The van der Waals surface area contributed by atoms with E-state index in [9.17, 15) is 4.79 Å². The fourth-order valence-corrected chi connectivity index (χ4v) is 2.06. The average Bonchev–Trinajstić information content (AvgIpc) is 2.39. The van der Waals surface area contributed by atoms with Crippen molar-refractivity contribution in [2.45, 2.75) is 19.8 Å². The van der Waals surface area contributed by atoms with E-state index in [-0.39, 0.29) is 12.4 Å². The minimum Gasteiger partial charge on any atom is -0.395 e. The van der Waals surface area contributed by atoms with Gasteiger partial charge in [0, 0.05) is 12.1 Å². The van der Waals surface area contributed by atoms with E-state index in [1.807, 2.05) is 4.90 Å². The van der Waals surface area contributed by atoms with Crippen LogP contribution in [0.25, 0.3) is 0 Å². The van der Waals surface area contributed by atoms with Crippen molar-refractivity contribution in [3.8, 4) is 0 Å². The molecule has 1 N–H and O–H groups in total. The molecule has 0 saturated heterocycles. The van der Waals surface area contributed by atoms with E-state index in [1.165, 1.54) is 0 Å². The van der Waals surface area contributed by atoms with Crippen LogP contribution in [-0.2, 0) is 0 Å². The van der Waals surface area contributed by atoms with Gasteiger partial charge in [0.15, 0.2) is 5.78 Å². The van der Waals surface area contributed by atoms with Gasteiger partial charge in [0.25, 0.3) is 0 Å². The Bertz CT molecular complexity index is 424. The Balaban J connectivity index is 2.66. The molecule has 5 heteroatoms. The summed E-state index contributed by atoms with van der Waals surface area (Å²) in [5.41, 5.74) is 0.550. The summed E-state index contributed by atoms with van der Waals surface area (Å²) >= 11 is 11.7. The zero-order valence-corrected chi connectivity index (χ0v) is 12.5. The molecule has 0 aliphatic carbocycles. The minimum atomic E-state index is -0.0110. The Morgan fingerprint density at radius 2 is 2.00 bits per heavy atom. The SMILES string of the molecule is CCCCN(CCO)CC(=O)c1ccc(Cl)c(Cl)c1. The summed E-state index contributed by atoms with van der Waals surface area (Å²) in [5, 5.41) is 9.83. The number of rotatable bonds is 8. The Kier molecular flexibility index (Phi) is 7.39. The molecule has 1 rings (SSSR count). The van der Waals surface area contributed by atoms with Crippen molar-refractivity contribution >= 4 is 29.0 Å². The minimum absolute atomic E-state index is 0.0110. The first-order valence-corrected chi connectivity index (χ1v) is 7.15. The smallest absolute Gasteiger partial charge is 0.176 e. The molecule has 0 aliphatic heterocycles. The Labute approximate surface area is 124 Å². The first-order valence-electron chi connectivity index (χ1n) is 6.40. The third-order valence-corrected chi connectivity index (χ3v) is 3.59. The van der Waals surface area contributed by atoms with Crippen LogP contribution >= 0.6 is 23.2 Å². The fraction of sp³-hybridized carbons (Fsp3) is 0.500. The Morgan fingerprint density at radius 1 is 1.26 bits per heavy atom. The molecule has 106 valence electrons. The van der Waals surface area contributed by atoms with Gasteiger partial charge in [0.1, 0.15) is 0 Å². The van der Waals surface area contributed by atoms with Crippen molar-refractivity contribution in [2.24, 2.45) is 0 Å². The predicted octanol–water partition coefficient (Wildman–Crippen LogP) is 3.27. The van der Waals surface area contributed by atoms with Crippen LogP contribution in [0.3, 0.4) is 0 Å². The van der Waals surface area contributed by atoms with Gasteiger partial charge in [-0.3, -0.25) is 9.69 Å². The molecule has 0 aliphatic rings. The molecule has 0 atom stereocenters. The Morgan fingerprint density at radius 3 is 2.58 bits per heavy atom. The molecule has 0 amide bonds. The molecule has 0 bridgehead atoms. The van der Waals surface area contributed by atoms with Crippen LogP contribution in [0.2, 0.25) is 10.0 Å². The summed E-state index contributed by atoms with van der Waals surface area (Å²) in [6.45, 7) is 3.76. The van der Waals surface area contributed by atoms with Crippen molar-refractivity contribution in [1.82, 2.24) is 4.90 Å². The average molecular weight is 304 g/mol. The van der Waals surface area contributed by atoms with Gasteiger partial charge in [-0.15, -0.1) is 0 Å².